The Hall–Kier alpha value is -0.610. The molecule has 0 heterocycles. The van der Waals surface area contributed by atoms with Gasteiger partial charge in [-0.25, -0.2) is 0 Å². The van der Waals surface area contributed by atoms with Gasteiger partial charge in [0.1, 0.15) is 0 Å². The number of carboxylic acids is 1. The second-order valence-corrected chi connectivity index (χ2v) is 6.40. The molecule has 19 heavy (non-hydrogen) atoms. The summed E-state index contributed by atoms with van der Waals surface area (Å²) >= 11 is 0. The lowest BCUT2D eigenvalue weighted by molar-refractivity contribution is -0.144. The van der Waals surface area contributed by atoms with E-state index in [1.807, 2.05) is 13.8 Å². The highest BCUT2D eigenvalue weighted by molar-refractivity contribution is 5.70. The number of aliphatic hydroxyl groups excluding tert-OH is 1. The number of hydrogen-bond acceptors (Lipinski definition) is 3. The van der Waals surface area contributed by atoms with Crippen molar-refractivity contribution in [1.29, 1.82) is 0 Å². The van der Waals surface area contributed by atoms with Crippen molar-refractivity contribution >= 4 is 5.97 Å². The van der Waals surface area contributed by atoms with Gasteiger partial charge >= 0.3 is 5.97 Å². The van der Waals surface area contributed by atoms with Crippen LogP contribution in [0.15, 0.2) is 0 Å². The number of rotatable bonds is 7. The number of nitrogens with two attached hydrogens (primary N) is 1. The van der Waals surface area contributed by atoms with Gasteiger partial charge in [-0.3, -0.25) is 4.79 Å². The van der Waals surface area contributed by atoms with Crippen LogP contribution in [0.2, 0.25) is 0 Å². The molecule has 0 bridgehead atoms. The van der Waals surface area contributed by atoms with E-state index in [0.29, 0.717) is 5.92 Å². The predicted octanol–water partition coefficient (Wildman–Crippen LogP) is 2.39. The molecule has 4 heteroatoms. The van der Waals surface area contributed by atoms with Crippen molar-refractivity contribution in [2.45, 2.75) is 70.9 Å². The fourth-order valence-corrected chi connectivity index (χ4v) is 3.06. The Kier molecular flexibility index (Phi) is 6.80. The molecule has 0 unspecified atom stereocenters. The van der Waals surface area contributed by atoms with Crippen LogP contribution in [0.3, 0.4) is 0 Å². The Morgan fingerprint density at radius 3 is 2.32 bits per heavy atom. The Labute approximate surface area is 116 Å². The van der Waals surface area contributed by atoms with Crippen LogP contribution in [0.5, 0.6) is 0 Å². The molecule has 4 nitrogen and oxygen atoms in total. The minimum Gasteiger partial charge on any atom is -0.481 e. The molecule has 112 valence electrons. The van der Waals surface area contributed by atoms with Gasteiger partial charge in [-0.15, -0.1) is 0 Å². The zero-order chi connectivity index (χ0) is 14.4. The van der Waals surface area contributed by atoms with Gasteiger partial charge in [-0.1, -0.05) is 46.0 Å². The standard InChI is InChI=1S/C15H29NO3/c1-10(2)12(15(18)19)9-14(17)13(16)8-11-6-4-3-5-7-11/h10-14,17H,3-9,16H2,1-2H3,(H,18,19)/t12-,13+,14+/m1/s1. The third-order valence-corrected chi connectivity index (χ3v) is 4.44. The second-order valence-electron chi connectivity index (χ2n) is 6.40. The van der Waals surface area contributed by atoms with Crippen molar-refractivity contribution < 1.29 is 15.0 Å². The Bertz CT molecular complexity index is 275. The molecule has 0 aromatic rings. The smallest absolute Gasteiger partial charge is 0.306 e. The molecule has 0 aliphatic heterocycles. The molecule has 1 aliphatic carbocycles. The highest BCUT2D eigenvalue weighted by atomic mass is 16.4. The summed E-state index contributed by atoms with van der Waals surface area (Å²) in [6, 6.07) is -0.288. The summed E-state index contributed by atoms with van der Waals surface area (Å²) in [5.41, 5.74) is 6.05. The van der Waals surface area contributed by atoms with Crippen molar-refractivity contribution in [2.75, 3.05) is 0 Å². The molecular formula is C15H29NO3. The van der Waals surface area contributed by atoms with Crippen molar-refractivity contribution in [2.24, 2.45) is 23.5 Å². The van der Waals surface area contributed by atoms with E-state index in [9.17, 15) is 9.90 Å². The number of aliphatic carboxylic acids is 1. The first-order chi connectivity index (χ1) is 8.91. The molecule has 0 aromatic carbocycles. The largest absolute Gasteiger partial charge is 0.481 e. The van der Waals surface area contributed by atoms with E-state index in [1.54, 1.807) is 0 Å². The summed E-state index contributed by atoms with van der Waals surface area (Å²) in [7, 11) is 0. The number of aliphatic hydroxyl groups is 1. The van der Waals surface area contributed by atoms with E-state index in [-0.39, 0.29) is 18.4 Å². The van der Waals surface area contributed by atoms with Crippen LogP contribution in [-0.2, 0) is 4.79 Å². The first kappa shape index (κ1) is 16.4. The average Bonchev–Trinajstić information content (AvgIpc) is 2.35. The molecule has 0 saturated heterocycles. The third kappa shape index (κ3) is 5.49. The molecular weight excluding hydrogens is 242 g/mol. The summed E-state index contributed by atoms with van der Waals surface area (Å²) in [6.07, 6.45) is 6.62. The van der Waals surface area contributed by atoms with Crippen LogP contribution >= 0.6 is 0 Å². The lowest BCUT2D eigenvalue weighted by Crippen LogP contribution is -2.39. The van der Waals surface area contributed by atoms with Gasteiger partial charge in [0.05, 0.1) is 12.0 Å². The van der Waals surface area contributed by atoms with Gasteiger partial charge in [0.2, 0.25) is 0 Å². The molecule has 4 N–H and O–H groups in total. The van der Waals surface area contributed by atoms with Crippen molar-refractivity contribution in [3.63, 3.8) is 0 Å². The van der Waals surface area contributed by atoms with Gasteiger partial charge in [0.25, 0.3) is 0 Å². The fraction of sp³-hybridized carbons (Fsp3) is 0.933. The first-order valence-corrected chi connectivity index (χ1v) is 7.58. The van der Waals surface area contributed by atoms with E-state index < -0.39 is 18.0 Å². The summed E-state index contributed by atoms with van der Waals surface area (Å²) in [6.45, 7) is 3.75. The summed E-state index contributed by atoms with van der Waals surface area (Å²) in [4.78, 5) is 11.1. The minimum absolute atomic E-state index is 0.0223. The first-order valence-electron chi connectivity index (χ1n) is 7.58. The third-order valence-electron chi connectivity index (χ3n) is 4.44. The Balaban J connectivity index is 2.41. The maximum Gasteiger partial charge on any atom is 0.306 e. The molecule has 0 radical (unpaired) electrons. The average molecular weight is 271 g/mol. The van der Waals surface area contributed by atoms with Crippen molar-refractivity contribution in [3.05, 3.63) is 0 Å². The van der Waals surface area contributed by atoms with Crippen LogP contribution < -0.4 is 5.73 Å². The van der Waals surface area contributed by atoms with Gasteiger partial charge in [0.15, 0.2) is 0 Å². The zero-order valence-electron chi connectivity index (χ0n) is 12.2. The lowest BCUT2D eigenvalue weighted by Gasteiger charge is -2.28. The number of carboxylic acid groups (broad SMARTS) is 1. The van der Waals surface area contributed by atoms with E-state index >= 15 is 0 Å². The maximum absolute atomic E-state index is 11.1. The summed E-state index contributed by atoms with van der Waals surface area (Å²) in [5.74, 6) is -0.707. The molecule has 1 saturated carbocycles. The number of hydrogen-bond donors (Lipinski definition) is 3. The second kappa shape index (κ2) is 7.85. The van der Waals surface area contributed by atoms with E-state index in [1.165, 1.54) is 32.1 Å². The molecule has 0 aromatic heterocycles. The van der Waals surface area contributed by atoms with Crippen molar-refractivity contribution in [1.82, 2.24) is 0 Å². The SMILES string of the molecule is CC(C)[C@@H](C[C@H](O)[C@@H](N)CC1CCCCC1)C(=O)O. The molecule has 1 aliphatic rings. The molecule has 0 amide bonds. The molecule has 0 spiro atoms. The van der Waals surface area contributed by atoms with Crippen LogP contribution in [0, 0.1) is 17.8 Å². The maximum atomic E-state index is 11.1. The van der Waals surface area contributed by atoms with Crippen LogP contribution in [0.25, 0.3) is 0 Å². The highest BCUT2D eigenvalue weighted by Crippen LogP contribution is 2.28. The van der Waals surface area contributed by atoms with Gasteiger partial charge in [-0.2, -0.15) is 0 Å². The van der Waals surface area contributed by atoms with Gasteiger partial charge in [0, 0.05) is 6.04 Å². The van der Waals surface area contributed by atoms with Gasteiger partial charge in [-0.05, 0) is 24.7 Å². The summed E-state index contributed by atoms with van der Waals surface area (Å²) < 4.78 is 0. The van der Waals surface area contributed by atoms with Crippen LogP contribution in [-0.4, -0.2) is 28.3 Å². The van der Waals surface area contributed by atoms with Crippen LogP contribution in [0.1, 0.15) is 58.8 Å². The van der Waals surface area contributed by atoms with E-state index in [0.717, 1.165) is 6.42 Å². The number of carbonyl (C=O) groups is 1. The van der Waals surface area contributed by atoms with E-state index in [4.69, 9.17) is 10.8 Å². The van der Waals surface area contributed by atoms with Gasteiger partial charge < -0.3 is 15.9 Å². The minimum atomic E-state index is -0.834. The quantitative estimate of drug-likeness (QED) is 0.664. The Morgan fingerprint density at radius 1 is 1.26 bits per heavy atom. The van der Waals surface area contributed by atoms with Crippen LogP contribution in [0.4, 0.5) is 0 Å². The predicted molar refractivity (Wildman–Crippen MR) is 75.8 cm³/mol. The monoisotopic (exact) mass is 271 g/mol. The Morgan fingerprint density at radius 2 is 1.84 bits per heavy atom. The fourth-order valence-electron chi connectivity index (χ4n) is 3.06. The molecule has 1 rings (SSSR count). The topological polar surface area (TPSA) is 83.5 Å². The normalized spacial score (nSPS) is 22.2. The van der Waals surface area contributed by atoms with Crippen molar-refractivity contribution in [3.8, 4) is 0 Å². The molecule has 3 atom stereocenters. The summed E-state index contributed by atoms with van der Waals surface area (Å²) in [5, 5.41) is 19.3. The van der Waals surface area contributed by atoms with E-state index in [2.05, 4.69) is 0 Å². The highest BCUT2D eigenvalue weighted by Gasteiger charge is 2.28. The molecule has 1 fully saturated rings. The zero-order valence-corrected chi connectivity index (χ0v) is 12.2. The lowest BCUT2D eigenvalue weighted by atomic mass is 9.81.